The fourth-order valence-electron chi connectivity index (χ4n) is 3.57. The summed E-state index contributed by atoms with van der Waals surface area (Å²) >= 11 is 3.47. The molecule has 1 aromatic carbocycles. The lowest BCUT2D eigenvalue weighted by Crippen LogP contribution is -2.53. The van der Waals surface area contributed by atoms with E-state index in [2.05, 4.69) is 15.9 Å². The number of halogens is 1. The average Bonchev–Trinajstić information content (AvgIpc) is 2.79. The Morgan fingerprint density at radius 1 is 1.20 bits per heavy atom. The van der Waals surface area contributed by atoms with Crippen LogP contribution >= 0.6 is 15.9 Å². The van der Waals surface area contributed by atoms with Crippen molar-refractivity contribution in [2.75, 3.05) is 6.54 Å². The SMILES string of the molecule is O=C1CCCC(=O)[C@]2(Cc3cccc(Br)c3)CCCN12. The van der Waals surface area contributed by atoms with Gasteiger partial charge in [-0.05, 0) is 37.0 Å². The minimum absolute atomic E-state index is 0.156. The molecule has 1 atom stereocenters. The minimum atomic E-state index is -0.575. The smallest absolute Gasteiger partial charge is 0.223 e. The molecule has 0 bridgehead atoms. The number of Topliss-reactive ketones (excluding diaryl/α,β-unsaturated/α-hetero) is 1. The van der Waals surface area contributed by atoms with Crippen molar-refractivity contribution >= 4 is 27.6 Å². The Labute approximate surface area is 127 Å². The zero-order valence-corrected chi connectivity index (χ0v) is 13.0. The van der Waals surface area contributed by atoms with E-state index >= 15 is 0 Å². The molecule has 2 fully saturated rings. The molecule has 4 heteroatoms. The Morgan fingerprint density at radius 2 is 2.05 bits per heavy atom. The molecule has 3 rings (SSSR count). The number of rotatable bonds is 2. The largest absolute Gasteiger partial charge is 0.330 e. The summed E-state index contributed by atoms with van der Waals surface area (Å²) in [6.07, 6.45) is 4.16. The lowest BCUT2D eigenvalue weighted by atomic mass is 9.83. The molecule has 0 saturated carbocycles. The number of carbonyl (C=O) groups is 2. The van der Waals surface area contributed by atoms with Crippen LogP contribution in [0.2, 0.25) is 0 Å². The number of carbonyl (C=O) groups excluding carboxylic acids is 2. The van der Waals surface area contributed by atoms with E-state index < -0.39 is 5.54 Å². The van der Waals surface area contributed by atoms with Crippen LogP contribution in [-0.4, -0.2) is 28.7 Å². The molecule has 0 N–H and O–H groups in total. The van der Waals surface area contributed by atoms with Crippen molar-refractivity contribution in [3.05, 3.63) is 34.3 Å². The quantitative estimate of drug-likeness (QED) is 0.832. The third-order valence-corrected chi connectivity index (χ3v) is 4.98. The number of ketones is 1. The first-order valence-electron chi connectivity index (χ1n) is 7.20. The molecule has 20 heavy (non-hydrogen) atoms. The Bertz CT molecular complexity index is 557. The van der Waals surface area contributed by atoms with Gasteiger partial charge in [-0.2, -0.15) is 0 Å². The molecule has 2 aliphatic heterocycles. The summed E-state index contributed by atoms with van der Waals surface area (Å²) in [7, 11) is 0. The van der Waals surface area contributed by atoms with Crippen molar-refractivity contribution in [3.8, 4) is 0 Å². The van der Waals surface area contributed by atoms with Crippen LogP contribution in [0, 0.1) is 0 Å². The summed E-state index contributed by atoms with van der Waals surface area (Å²) in [5.41, 5.74) is 0.545. The summed E-state index contributed by atoms with van der Waals surface area (Å²) in [6, 6.07) is 8.05. The monoisotopic (exact) mass is 335 g/mol. The van der Waals surface area contributed by atoms with Gasteiger partial charge in [0.2, 0.25) is 5.91 Å². The number of fused-ring (bicyclic) bond motifs is 1. The van der Waals surface area contributed by atoms with Gasteiger partial charge in [-0.25, -0.2) is 0 Å². The Morgan fingerprint density at radius 3 is 2.85 bits per heavy atom. The number of benzene rings is 1. The van der Waals surface area contributed by atoms with Crippen molar-refractivity contribution in [2.45, 2.75) is 44.1 Å². The van der Waals surface area contributed by atoms with Gasteiger partial charge in [-0.3, -0.25) is 9.59 Å². The van der Waals surface area contributed by atoms with E-state index in [9.17, 15) is 9.59 Å². The van der Waals surface area contributed by atoms with Crippen molar-refractivity contribution in [1.29, 1.82) is 0 Å². The Balaban J connectivity index is 1.97. The molecule has 0 spiro atoms. The topological polar surface area (TPSA) is 37.4 Å². The molecule has 106 valence electrons. The van der Waals surface area contributed by atoms with Crippen LogP contribution in [0.3, 0.4) is 0 Å². The van der Waals surface area contributed by atoms with Crippen molar-refractivity contribution < 1.29 is 9.59 Å². The highest BCUT2D eigenvalue weighted by molar-refractivity contribution is 9.10. The number of amides is 1. The van der Waals surface area contributed by atoms with Crippen LogP contribution in [0.25, 0.3) is 0 Å². The van der Waals surface area contributed by atoms with Crippen molar-refractivity contribution in [3.63, 3.8) is 0 Å². The normalized spacial score (nSPS) is 26.6. The standard InChI is InChI=1S/C16H18BrNO2/c17-13-5-1-4-12(10-13)11-16-8-3-9-18(16)15(20)7-2-6-14(16)19/h1,4-5,10H,2-3,6-9,11H2/t16-/m1/s1. The minimum Gasteiger partial charge on any atom is -0.330 e. The molecule has 1 aromatic rings. The second-order valence-electron chi connectivity index (χ2n) is 5.76. The highest BCUT2D eigenvalue weighted by atomic mass is 79.9. The highest BCUT2D eigenvalue weighted by Crippen LogP contribution is 2.38. The van der Waals surface area contributed by atoms with Crippen molar-refractivity contribution in [1.82, 2.24) is 4.90 Å². The summed E-state index contributed by atoms with van der Waals surface area (Å²) in [5.74, 6) is 0.407. The summed E-state index contributed by atoms with van der Waals surface area (Å²) in [4.78, 5) is 26.8. The van der Waals surface area contributed by atoms with Crippen LogP contribution < -0.4 is 0 Å². The second kappa shape index (κ2) is 5.32. The summed E-state index contributed by atoms with van der Waals surface area (Å²) in [6.45, 7) is 0.735. The van der Waals surface area contributed by atoms with Gasteiger partial charge in [0, 0.05) is 30.3 Å². The molecule has 0 unspecified atom stereocenters. The third kappa shape index (κ3) is 2.30. The van der Waals surface area contributed by atoms with Gasteiger partial charge < -0.3 is 4.90 Å². The van der Waals surface area contributed by atoms with Gasteiger partial charge in [-0.15, -0.1) is 0 Å². The maximum Gasteiger partial charge on any atom is 0.223 e. The average molecular weight is 336 g/mol. The molecule has 2 heterocycles. The molecular formula is C16H18BrNO2. The maximum atomic E-state index is 12.6. The molecule has 0 aromatic heterocycles. The van der Waals surface area contributed by atoms with E-state index in [0.29, 0.717) is 25.7 Å². The van der Waals surface area contributed by atoms with E-state index in [4.69, 9.17) is 0 Å². The number of nitrogens with zero attached hydrogens (tertiary/aromatic N) is 1. The van der Waals surface area contributed by atoms with Crippen molar-refractivity contribution in [2.24, 2.45) is 0 Å². The first-order valence-corrected chi connectivity index (χ1v) is 7.99. The van der Waals surface area contributed by atoms with E-state index in [1.807, 2.05) is 29.2 Å². The first-order chi connectivity index (χ1) is 9.62. The zero-order chi connectivity index (χ0) is 14.2. The van der Waals surface area contributed by atoms with Crippen LogP contribution in [0.4, 0.5) is 0 Å². The Kier molecular flexibility index (Phi) is 3.67. The predicted molar refractivity (Wildman–Crippen MR) is 80.4 cm³/mol. The van der Waals surface area contributed by atoms with Gasteiger partial charge in [0.1, 0.15) is 5.54 Å². The molecule has 1 amide bonds. The van der Waals surface area contributed by atoms with Gasteiger partial charge in [0.05, 0.1) is 0 Å². The molecule has 2 aliphatic rings. The first kappa shape index (κ1) is 13.8. The second-order valence-corrected chi connectivity index (χ2v) is 6.68. The predicted octanol–water partition coefficient (Wildman–Crippen LogP) is 3.11. The van der Waals surface area contributed by atoms with Crippen LogP contribution in [0.1, 0.15) is 37.7 Å². The van der Waals surface area contributed by atoms with Crippen LogP contribution in [0.5, 0.6) is 0 Å². The van der Waals surface area contributed by atoms with Gasteiger partial charge >= 0.3 is 0 Å². The van der Waals surface area contributed by atoms with E-state index in [0.717, 1.165) is 29.4 Å². The molecule has 0 aliphatic carbocycles. The molecule has 2 saturated heterocycles. The van der Waals surface area contributed by atoms with E-state index in [-0.39, 0.29) is 11.7 Å². The lowest BCUT2D eigenvalue weighted by Gasteiger charge is -2.36. The number of hydrogen-bond acceptors (Lipinski definition) is 2. The summed E-state index contributed by atoms with van der Waals surface area (Å²) in [5, 5.41) is 0. The van der Waals surface area contributed by atoms with E-state index in [1.165, 1.54) is 0 Å². The van der Waals surface area contributed by atoms with Crippen LogP contribution in [0.15, 0.2) is 28.7 Å². The van der Waals surface area contributed by atoms with Gasteiger partial charge in [-0.1, -0.05) is 28.1 Å². The summed E-state index contributed by atoms with van der Waals surface area (Å²) < 4.78 is 1.02. The maximum absolute atomic E-state index is 12.6. The third-order valence-electron chi connectivity index (χ3n) is 4.49. The highest BCUT2D eigenvalue weighted by Gasteiger charge is 2.49. The molecular weight excluding hydrogens is 318 g/mol. The molecule has 0 radical (unpaired) electrons. The lowest BCUT2D eigenvalue weighted by molar-refractivity contribution is -0.141. The molecule has 3 nitrogen and oxygen atoms in total. The van der Waals surface area contributed by atoms with E-state index in [1.54, 1.807) is 0 Å². The fraction of sp³-hybridized carbons (Fsp3) is 0.500. The fourth-order valence-corrected chi connectivity index (χ4v) is 4.01. The zero-order valence-electron chi connectivity index (χ0n) is 11.4. The van der Waals surface area contributed by atoms with Crippen LogP contribution in [-0.2, 0) is 16.0 Å². The van der Waals surface area contributed by atoms with Gasteiger partial charge in [0.15, 0.2) is 5.78 Å². The number of hydrogen-bond donors (Lipinski definition) is 0. The Hall–Kier alpha value is -1.16. The van der Waals surface area contributed by atoms with Gasteiger partial charge in [0.25, 0.3) is 0 Å².